The molecule has 0 unspecified atom stereocenters. The van der Waals surface area contributed by atoms with Crippen LogP contribution >= 0.6 is 11.6 Å². The first-order valence-electron chi connectivity index (χ1n) is 14.1. The van der Waals surface area contributed by atoms with E-state index in [2.05, 4.69) is 74.4 Å². The number of nitrogens with one attached hydrogen (secondary N) is 4. The van der Waals surface area contributed by atoms with Crippen LogP contribution in [0.2, 0.25) is 5.15 Å². The summed E-state index contributed by atoms with van der Waals surface area (Å²) in [6, 6.07) is 16.8. The van der Waals surface area contributed by atoms with Gasteiger partial charge in [0.2, 0.25) is 5.91 Å². The van der Waals surface area contributed by atoms with Crippen molar-refractivity contribution in [3.63, 3.8) is 0 Å². The summed E-state index contributed by atoms with van der Waals surface area (Å²) < 4.78 is 0. The number of rotatable bonds is 15. The summed E-state index contributed by atoms with van der Waals surface area (Å²) in [5.74, 6) is -0.998. The third kappa shape index (κ3) is 10.6. The zero-order valence-corrected chi connectivity index (χ0v) is 24.5. The average Bonchev–Trinajstić information content (AvgIpc) is 2.98. The first-order chi connectivity index (χ1) is 20.3. The normalized spacial score (nSPS) is 10.7. The summed E-state index contributed by atoms with van der Waals surface area (Å²) in [4.78, 5) is 31.9. The summed E-state index contributed by atoms with van der Waals surface area (Å²) in [7, 11) is 0. The number of hydrogen-bond acceptors (Lipinski definition) is 8. The second-order valence-electron chi connectivity index (χ2n) is 9.94. The Balaban J connectivity index is 1.33. The van der Waals surface area contributed by atoms with Gasteiger partial charge in [-0.05, 0) is 67.3 Å². The minimum atomic E-state index is -0.693. The molecular weight excluding hydrogens is 554 g/mol. The molecule has 0 fully saturated rings. The zero-order chi connectivity index (χ0) is 30.3. The largest absolute Gasteiger partial charge is 0.382 e. The zero-order valence-electron chi connectivity index (χ0n) is 23.7. The van der Waals surface area contributed by atoms with Gasteiger partial charge in [0, 0.05) is 19.5 Å². The van der Waals surface area contributed by atoms with Gasteiger partial charge in [-0.3, -0.25) is 20.3 Å². The van der Waals surface area contributed by atoms with Crippen molar-refractivity contribution < 1.29 is 9.59 Å². The lowest BCUT2D eigenvalue weighted by atomic mass is 9.99. The second-order valence-corrected chi connectivity index (χ2v) is 10.3. The van der Waals surface area contributed by atoms with Crippen LogP contribution in [-0.2, 0) is 17.6 Å². The number of carbonyl (C=O) groups excluding carboxylic acids is 2. The maximum absolute atomic E-state index is 12.3. The number of unbranched alkanes of at least 4 members (excludes halogenated alkanes) is 3. The van der Waals surface area contributed by atoms with E-state index in [0.29, 0.717) is 26.1 Å². The summed E-state index contributed by atoms with van der Waals surface area (Å²) in [5, 5.41) is 16.0. The average molecular weight is 594 g/mol. The number of anilines is 2. The SMILES string of the molecule is N=C(NCCCCc1ccc(-c2ccc(CCC(=O)NCCCCCN)cc2)cc1)NC(=O)c1nc(Cl)c(N)nc1N. The van der Waals surface area contributed by atoms with Gasteiger partial charge < -0.3 is 27.8 Å². The topological polar surface area (TPSA) is 198 Å². The first kappa shape index (κ1) is 32.3. The number of carbonyl (C=O) groups is 2. The number of nitrogen functional groups attached to an aromatic ring is 2. The predicted molar refractivity (Wildman–Crippen MR) is 168 cm³/mol. The van der Waals surface area contributed by atoms with Gasteiger partial charge in [0.15, 0.2) is 28.4 Å². The number of aryl methyl sites for hydroxylation is 2. The highest BCUT2D eigenvalue weighted by Gasteiger charge is 2.17. The molecule has 0 saturated carbocycles. The molecule has 2 amide bonds. The van der Waals surface area contributed by atoms with Crippen molar-refractivity contribution in [1.82, 2.24) is 25.9 Å². The maximum Gasteiger partial charge on any atom is 0.280 e. The molecular formula is C30H40ClN9O2. The molecule has 0 spiro atoms. The van der Waals surface area contributed by atoms with Gasteiger partial charge in [-0.25, -0.2) is 9.97 Å². The molecule has 12 heteroatoms. The number of hydrogen-bond donors (Lipinski definition) is 7. The Kier molecular flexibility index (Phi) is 13.0. The van der Waals surface area contributed by atoms with E-state index < -0.39 is 5.91 Å². The van der Waals surface area contributed by atoms with Gasteiger partial charge in [0.1, 0.15) is 0 Å². The molecule has 0 bridgehead atoms. The molecule has 0 saturated heterocycles. The van der Waals surface area contributed by atoms with Crippen molar-refractivity contribution in [3.05, 3.63) is 70.5 Å². The first-order valence-corrected chi connectivity index (χ1v) is 14.5. The van der Waals surface area contributed by atoms with Gasteiger partial charge in [-0.2, -0.15) is 0 Å². The number of nitrogens with two attached hydrogens (primary N) is 3. The number of aromatic nitrogens is 2. The fraction of sp³-hybridized carbons (Fsp3) is 0.367. The van der Waals surface area contributed by atoms with Crippen LogP contribution in [0.3, 0.4) is 0 Å². The minimum absolute atomic E-state index is 0.0674. The fourth-order valence-corrected chi connectivity index (χ4v) is 4.37. The summed E-state index contributed by atoms with van der Waals surface area (Å²) in [6.45, 7) is 1.93. The predicted octanol–water partition coefficient (Wildman–Crippen LogP) is 3.42. The monoisotopic (exact) mass is 593 g/mol. The van der Waals surface area contributed by atoms with E-state index in [4.69, 9.17) is 34.2 Å². The van der Waals surface area contributed by atoms with Crippen molar-refractivity contribution in [2.75, 3.05) is 31.1 Å². The van der Waals surface area contributed by atoms with Crippen LogP contribution in [0.15, 0.2) is 48.5 Å². The molecule has 10 N–H and O–H groups in total. The lowest BCUT2D eigenvalue weighted by Crippen LogP contribution is -2.41. The van der Waals surface area contributed by atoms with Crippen molar-refractivity contribution in [2.45, 2.75) is 51.4 Å². The Morgan fingerprint density at radius 1 is 0.762 bits per heavy atom. The lowest BCUT2D eigenvalue weighted by Gasteiger charge is -2.10. The highest BCUT2D eigenvalue weighted by molar-refractivity contribution is 6.31. The van der Waals surface area contributed by atoms with Crippen LogP contribution < -0.4 is 33.2 Å². The van der Waals surface area contributed by atoms with Gasteiger partial charge in [0.25, 0.3) is 5.91 Å². The Labute approximate surface area is 251 Å². The Morgan fingerprint density at radius 2 is 1.36 bits per heavy atom. The van der Waals surface area contributed by atoms with Gasteiger partial charge in [0.05, 0.1) is 0 Å². The van der Waals surface area contributed by atoms with E-state index in [0.717, 1.165) is 61.6 Å². The Morgan fingerprint density at radius 3 is 2.00 bits per heavy atom. The third-order valence-corrected chi connectivity index (χ3v) is 6.92. The smallest absolute Gasteiger partial charge is 0.280 e. The molecule has 3 aromatic rings. The van der Waals surface area contributed by atoms with E-state index >= 15 is 0 Å². The molecule has 1 aromatic heterocycles. The van der Waals surface area contributed by atoms with Crippen LogP contribution in [0.5, 0.6) is 0 Å². The molecule has 3 rings (SSSR count). The molecule has 0 atom stereocenters. The van der Waals surface area contributed by atoms with E-state index in [1.807, 2.05) is 0 Å². The fourth-order valence-electron chi connectivity index (χ4n) is 4.24. The third-order valence-electron chi connectivity index (χ3n) is 6.64. The van der Waals surface area contributed by atoms with Crippen molar-refractivity contribution in [2.24, 2.45) is 5.73 Å². The van der Waals surface area contributed by atoms with E-state index in [1.165, 1.54) is 5.56 Å². The highest BCUT2D eigenvalue weighted by atomic mass is 35.5. The molecule has 42 heavy (non-hydrogen) atoms. The minimum Gasteiger partial charge on any atom is -0.382 e. The van der Waals surface area contributed by atoms with Gasteiger partial charge >= 0.3 is 0 Å². The molecule has 1 heterocycles. The lowest BCUT2D eigenvalue weighted by molar-refractivity contribution is -0.121. The van der Waals surface area contributed by atoms with E-state index in [9.17, 15) is 9.59 Å². The van der Waals surface area contributed by atoms with Crippen molar-refractivity contribution in [3.8, 4) is 11.1 Å². The molecule has 0 aliphatic carbocycles. The number of halogens is 1. The number of guanidine groups is 1. The van der Waals surface area contributed by atoms with Crippen LogP contribution in [0, 0.1) is 5.41 Å². The number of benzene rings is 2. The second kappa shape index (κ2) is 16.9. The van der Waals surface area contributed by atoms with E-state index in [1.54, 1.807) is 0 Å². The van der Waals surface area contributed by atoms with E-state index in [-0.39, 0.29) is 34.3 Å². The summed E-state index contributed by atoms with van der Waals surface area (Å²) in [5.41, 5.74) is 21.1. The summed E-state index contributed by atoms with van der Waals surface area (Å²) >= 11 is 5.80. The molecule has 11 nitrogen and oxygen atoms in total. The van der Waals surface area contributed by atoms with Gasteiger partial charge in [-0.1, -0.05) is 66.6 Å². The quantitative estimate of drug-likeness (QED) is 0.0789. The van der Waals surface area contributed by atoms with Crippen molar-refractivity contribution >= 4 is 41.0 Å². The maximum atomic E-state index is 12.3. The highest BCUT2D eigenvalue weighted by Crippen LogP contribution is 2.22. The van der Waals surface area contributed by atoms with Crippen molar-refractivity contribution in [1.29, 1.82) is 5.41 Å². The Bertz CT molecular complexity index is 1330. The molecule has 0 radical (unpaired) electrons. The Hall–Kier alpha value is -4.22. The number of amides is 2. The molecule has 224 valence electrons. The van der Waals surface area contributed by atoms with Crippen LogP contribution in [0.4, 0.5) is 11.6 Å². The van der Waals surface area contributed by atoms with Crippen LogP contribution in [-0.4, -0.2) is 47.4 Å². The van der Waals surface area contributed by atoms with Gasteiger partial charge in [-0.15, -0.1) is 0 Å². The number of nitrogens with zero attached hydrogens (tertiary/aromatic N) is 2. The summed E-state index contributed by atoms with van der Waals surface area (Å²) in [6.07, 6.45) is 6.83. The van der Waals surface area contributed by atoms with Crippen LogP contribution in [0.1, 0.15) is 60.1 Å². The molecule has 2 aromatic carbocycles. The standard InChI is InChI=1S/C30H40ClN9O2/c31-26-28(34)39-27(33)25(38-26)29(42)40-30(35)37-19-5-2-6-20-7-12-22(13-8-20)23-14-9-21(10-15-23)11-16-24(41)36-18-4-1-3-17-32/h7-10,12-15H,1-6,11,16-19,32H2,(H,36,41)(H4,33,34,39)(H3,35,37,40,42). The molecule has 0 aliphatic rings. The molecule has 0 aliphatic heterocycles. The van der Waals surface area contributed by atoms with Crippen LogP contribution in [0.25, 0.3) is 11.1 Å².